The fourth-order valence-corrected chi connectivity index (χ4v) is 2.88. The predicted molar refractivity (Wildman–Crippen MR) is 105 cm³/mol. The Kier molecular flexibility index (Phi) is 4.97. The van der Waals surface area contributed by atoms with Crippen molar-refractivity contribution < 1.29 is 13.9 Å². The summed E-state index contributed by atoms with van der Waals surface area (Å²) < 4.78 is 20.7. The van der Waals surface area contributed by atoms with Crippen LogP contribution in [0, 0.1) is 5.82 Å². The van der Waals surface area contributed by atoms with Gasteiger partial charge in [0.25, 0.3) is 0 Å². The van der Waals surface area contributed by atoms with E-state index in [-0.39, 0.29) is 12.3 Å². The number of carbonyl (C=O) groups excluding carboxylic acids is 1. The van der Waals surface area contributed by atoms with Gasteiger partial charge in [-0.05, 0) is 24.3 Å². The molecular weight excluding hydrogens is 355 g/mol. The second-order valence-electron chi connectivity index (χ2n) is 6.20. The molecule has 138 valence electrons. The molecule has 0 aliphatic heterocycles. The Morgan fingerprint density at radius 1 is 0.893 bits per heavy atom. The second-order valence-corrected chi connectivity index (χ2v) is 6.20. The molecule has 0 aliphatic rings. The predicted octanol–water partition coefficient (Wildman–Crippen LogP) is 5.04. The molecule has 28 heavy (non-hydrogen) atoms. The van der Waals surface area contributed by atoms with Crippen LogP contribution in [-0.4, -0.2) is 15.7 Å². The third-order valence-electron chi connectivity index (χ3n) is 4.31. The zero-order chi connectivity index (χ0) is 19.3. The molecule has 0 saturated carbocycles. The molecule has 0 atom stereocenters. The van der Waals surface area contributed by atoms with Crippen molar-refractivity contribution in [2.75, 3.05) is 0 Å². The lowest BCUT2D eigenvalue weighted by Crippen LogP contribution is -2.12. The maximum absolute atomic E-state index is 13.8. The van der Waals surface area contributed by atoms with E-state index >= 15 is 0 Å². The quantitative estimate of drug-likeness (QED) is 0.461. The molecule has 0 amide bonds. The third kappa shape index (κ3) is 3.69. The van der Waals surface area contributed by atoms with Crippen molar-refractivity contribution in [1.82, 2.24) is 9.78 Å². The van der Waals surface area contributed by atoms with E-state index in [0.717, 1.165) is 11.3 Å². The summed E-state index contributed by atoms with van der Waals surface area (Å²) in [5, 5.41) is 4.59. The minimum absolute atomic E-state index is 0.147. The average molecular weight is 372 g/mol. The topological polar surface area (TPSA) is 44.1 Å². The number of halogens is 1. The average Bonchev–Trinajstić information content (AvgIpc) is 3.20. The van der Waals surface area contributed by atoms with Gasteiger partial charge in [-0.25, -0.2) is 13.9 Å². The molecule has 0 saturated heterocycles. The number of esters is 1. The van der Waals surface area contributed by atoms with Gasteiger partial charge in [0, 0.05) is 11.1 Å². The Morgan fingerprint density at radius 3 is 2.25 bits per heavy atom. The molecule has 3 aromatic carbocycles. The van der Waals surface area contributed by atoms with E-state index in [1.165, 1.54) is 6.07 Å². The van der Waals surface area contributed by atoms with E-state index in [0.29, 0.717) is 11.3 Å². The highest BCUT2D eigenvalue weighted by Gasteiger charge is 2.19. The molecule has 4 rings (SSSR count). The molecule has 0 bridgehead atoms. The van der Waals surface area contributed by atoms with Gasteiger partial charge in [-0.2, -0.15) is 5.10 Å². The minimum Gasteiger partial charge on any atom is -0.456 e. The van der Waals surface area contributed by atoms with Crippen molar-refractivity contribution in [3.63, 3.8) is 0 Å². The number of rotatable bonds is 5. The van der Waals surface area contributed by atoms with Crippen molar-refractivity contribution in [1.29, 1.82) is 0 Å². The normalized spacial score (nSPS) is 10.6. The van der Waals surface area contributed by atoms with Crippen LogP contribution in [0.1, 0.15) is 16.1 Å². The van der Waals surface area contributed by atoms with Crippen molar-refractivity contribution in [3.05, 3.63) is 108 Å². The highest BCUT2D eigenvalue weighted by molar-refractivity contribution is 5.89. The van der Waals surface area contributed by atoms with Gasteiger partial charge in [0.1, 0.15) is 12.4 Å². The molecule has 1 aromatic heterocycles. The van der Waals surface area contributed by atoms with E-state index < -0.39 is 11.8 Å². The summed E-state index contributed by atoms with van der Waals surface area (Å²) in [5.41, 5.74) is 2.89. The number of para-hydroxylation sites is 1. The van der Waals surface area contributed by atoms with Crippen LogP contribution in [0.3, 0.4) is 0 Å². The summed E-state index contributed by atoms with van der Waals surface area (Å²) in [7, 11) is 0. The van der Waals surface area contributed by atoms with Gasteiger partial charge in [0.2, 0.25) is 0 Å². The van der Waals surface area contributed by atoms with Gasteiger partial charge < -0.3 is 4.74 Å². The van der Waals surface area contributed by atoms with E-state index in [1.54, 1.807) is 28.9 Å². The van der Waals surface area contributed by atoms with Crippen LogP contribution in [0.15, 0.2) is 91.0 Å². The summed E-state index contributed by atoms with van der Waals surface area (Å²) >= 11 is 0. The molecule has 0 radical (unpaired) electrons. The third-order valence-corrected chi connectivity index (χ3v) is 4.31. The fraction of sp³-hybridized carbons (Fsp3) is 0.0435. The van der Waals surface area contributed by atoms with Crippen LogP contribution < -0.4 is 0 Å². The lowest BCUT2D eigenvalue weighted by Gasteiger charge is -2.08. The first kappa shape index (κ1) is 17.7. The van der Waals surface area contributed by atoms with Crippen LogP contribution in [-0.2, 0) is 11.3 Å². The van der Waals surface area contributed by atoms with Crippen LogP contribution in [0.5, 0.6) is 0 Å². The molecule has 0 spiro atoms. The zero-order valence-electron chi connectivity index (χ0n) is 15.0. The van der Waals surface area contributed by atoms with Crippen LogP contribution >= 0.6 is 0 Å². The van der Waals surface area contributed by atoms with Crippen LogP contribution in [0.4, 0.5) is 4.39 Å². The summed E-state index contributed by atoms with van der Waals surface area (Å²) in [4.78, 5) is 12.8. The first-order chi connectivity index (χ1) is 13.7. The fourth-order valence-electron chi connectivity index (χ4n) is 2.88. The zero-order valence-corrected chi connectivity index (χ0v) is 15.0. The number of aromatic nitrogens is 2. The van der Waals surface area contributed by atoms with Crippen molar-refractivity contribution >= 4 is 5.97 Å². The van der Waals surface area contributed by atoms with Gasteiger partial charge >= 0.3 is 5.97 Å². The van der Waals surface area contributed by atoms with E-state index in [9.17, 15) is 9.18 Å². The summed E-state index contributed by atoms with van der Waals surface area (Å²) in [6.07, 6.45) is 0. The number of nitrogens with zero attached hydrogens (tertiary/aromatic N) is 2. The Hall–Kier alpha value is -3.73. The molecule has 4 nitrogen and oxygen atoms in total. The minimum atomic E-state index is -0.568. The van der Waals surface area contributed by atoms with Crippen molar-refractivity contribution in [2.45, 2.75) is 6.61 Å². The number of ether oxygens (including phenoxy) is 1. The summed E-state index contributed by atoms with van der Waals surface area (Å²) in [6, 6.07) is 26.8. The molecule has 0 unspecified atom stereocenters. The molecule has 0 N–H and O–H groups in total. The van der Waals surface area contributed by atoms with Crippen LogP contribution in [0.2, 0.25) is 0 Å². The van der Waals surface area contributed by atoms with Gasteiger partial charge in [0.05, 0.1) is 11.4 Å². The highest BCUT2D eigenvalue weighted by Crippen LogP contribution is 2.22. The van der Waals surface area contributed by atoms with Gasteiger partial charge in [-0.15, -0.1) is 0 Å². The Balaban J connectivity index is 1.67. The highest BCUT2D eigenvalue weighted by atomic mass is 19.1. The molecule has 1 heterocycles. The summed E-state index contributed by atoms with van der Waals surface area (Å²) in [5.74, 6) is -0.973. The number of hydrogen-bond donors (Lipinski definition) is 0. The summed E-state index contributed by atoms with van der Waals surface area (Å²) in [6.45, 7) is -0.147. The van der Waals surface area contributed by atoms with E-state index in [1.807, 2.05) is 60.7 Å². The van der Waals surface area contributed by atoms with Crippen LogP contribution in [0.25, 0.3) is 16.9 Å². The number of hydrogen-bond acceptors (Lipinski definition) is 3. The van der Waals surface area contributed by atoms with Crippen molar-refractivity contribution in [2.24, 2.45) is 0 Å². The maximum atomic E-state index is 13.8. The number of benzene rings is 3. The molecule has 5 heteroatoms. The van der Waals surface area contributed by atoms with Gasteiger partial charge in [0.15, 0.2) is 5.69 Å². The number of carbonyl (C=O) groups is 1. The van der Waals surface area contributed by atoms with Gasteiger partial charge in [-0.3, -0.25) is 0 Å². The molecule has 0 aliphatic carbocycles. The maximum Gasteiger partial charge on any atom is 0.357 e. The van der Waals surface area contributed by atoms with Gasteiger partial charge in [-0.1, -0.05) is 66.7 Å². The first-order valence-electron chi connectivity index (χ1n) is 8.84. The standard InChI is InChI=1S/C23H17FN2O2/c24-20-14-8-7-11-18(20)16-28-23(27)22-15-21(17-9-3-1-4-10-17)25-26(22)19-12-5-2-6-13-19/h1-15H,16H2. The monoisotopic (exact) mass is 372 g/mol. The molecular formula is C23H17FN2O2. The smallest absolute Gasteiger partial charge is 0.357 e. The lowest BCUT2D eigenvalue weighted by atomic mass is 10.1. The van der Waals surface area contributed by atoms with E-state index in [4.69, 9.17) is 4.74 Å². The second kappa shape index (κ2) is 7.88. The first-order valence-corrected chi connectivity index (χ1v) is 8.84. The van der Waals surface area contributed by atoms with E-state index in [2.05, 4.69) is 5.10 Å². The molecule has 0 fully saturated rings. The Bertz CT molecular complexity index is 1090. The molecule has 4 aromatic rings. The SMILES string of the molecule is O=C(OCc1ccccc1F)c1cc(-c2ccccc2)nn1-c1ccccc1. The lowest BCUT2D eigenvalue weighted by molar-refractivity contribution is 0.0458. The Morgan fingerprint density at radius 2 is 1.54 bits per heavy atom. The largest absolute Gasteiger partial charge is 0.456 e. The Labute approximate surface area is 161 Å². The van der Waals surface area contributed by atoms with Crippen molar-refractivity contribution in [3.8, 4) is 16.9 Å².